The lowest BCUT2D eigenvalue weighted by Gasteiger charge is -2.20. The van der Waals surface area contributed by atoms with E-state index in [9.17, 15) is 14.4 Å². The molecule has 0 saturated carbocycles. The van der Waals surface area contributed by atoms with E-state index in [1.54, 1.807) is 0 Å². The molecule has 0 N–H and O–H groups in total. The third kappa shape index (κ3) is 6.08. The summed E-state index contributed by atoms with van der Waals surface area (Å²) in [5.74, 6) is -1.87. The van der Waals surface area contributed by atoms with Gasteiger partial charge in [0.1, 0.15) is 0 Å². The lowest BCUT2D eigenvalue weighted by atomic mass is 9.83. The van der Waals surface area contributed by atoms with Crippen LogP contribution in [0.3, 0.4) is 0 Å². The van der Waals surface area contributed by atoms with Crippen molar-refractivity contribution >= 4 is 40.8 Å². The van der Waals surface area contributed by atoms with Gasteiger partial charge < -0.3 is 14.2 Å². The van der Waals surface area contributed by atoms with Crippen molar-refractivity contribution in [3.63, 3.8) is 0 Å². The first-order valence-electron chi connectivity index (χ1n) is 16.0. The van der Waals surface area contributed by atoms with Gasteiger partial charge in [0.25, 0.3) is 0 Å². The van der Waals surface area contributed by atoms with Crippen LogP contribution in [0, 0.1) is 11.8 Å². The molecule has 0 radical (unpaired) electrons. The number of esters is 3. The highest BCUT2D eigenvalue weighted by atomic mass is 16.5. The van der Waals surface area contributed by atoms with Gasteiger partial charge >= 0.3 is 17.9 Å². The molecule has 5 rings (SSSR count). The van der Waals surface area contributed by atoms with Gasteiger partial charge in [0.15, 0.2) is 0 Å². The van der Waals surface area contributed by atoms with Gasteiger partial charge in [0.05, 0.1) is 73.2 Å². The van der Waals surface area contributed by atoms with Crippen molar-refractivity contribution in [3.05, 3.63) is 80.0 Å². The summed E-state index contributed by atoms with van der Waals surface area (Å²) < 4.78 is 15.3. The first kappa shape index (κ1) is 33.6. The summed E-state index contributed by atoms with van der Waals surface area (Å²) in [5.41, 5.74) is 11.1. The molecule has 0 aromatic carbocycles. The Bertz CT molecular complexity index is 1820. The Labute approximate surface area is 275 Å². The number of carbonyl (C=O) groups excluding carboxylic acids is 3. The molecule has 47 heavy (non-hydrogen) atoms. The maximum atomic E-state index is 13.4. The lowest BCUT2D eigenvalue weighted by Crippen LogP contribution is -2.22. The van der Waals surface area contributed by atoms with E-state index < -0.39 is 11.9 Å². The van der Waals surface area contributed by atoms with E-state index in [1.165, 1.54) is 21.3 Å². The van der Waals surface area contributed by atoms with Gasteiger partial charge in [-0.05, 0) is 86.1 Å². The van der Waals surface area contributed by atoms with Gasteiger partial charge in [-0.25, -0.2) is 19.8 Å². The number of hydrogen-bond donors (Lipinski definition) is 0. The monoisotopic (exact) mass is 638 g/mol. The molecule has 10 nitrogen and oxygen atoms in total. The Morgan fingerprint density at radius 2 is 1.26 bits per heavy atom. The second-order valence-corrected chi connectivity index (χ2v) is 12.1. The van der Waals surface area contributed by atoms with Gasteiger partial charge in [-0.1, -0.05) is 20.8 Å². The fourth-order valence-corrected chi connectivity index (χ4v) is 6.84. The molecule has 0 aromatic heterocycles. The third-order valence-electron chi connectivity index (χ3n) is 9.63. The van der Waals surface area contributed by atoms with Crippen molar-refractivity contribution in [1.82, 2.24) is 0 Å². The number of nitrogens with zero attached hydrogens (tertiary/aromatic N) is 4. The fourth-order valence-electron chi connectivity index (χ4n) is 6.84. The van der Waals surface area contributed by atoms with E-state index >= 15 is 0 Å². The van der Waals surface area contributed by atoms with Crippen molar-refractivity contribution in [1.29, 1.82) is 0 Å². The van der Waals surface area contributed by atoms with Crippen LogP contribution in [-0.2, 0) is 28.6 Å². The summed E-state index contributed by atoms with van der Waals surface area (Å²) in [6, 6.07) is 0. The molecule has 8 bridgehead atoms. The second-order valence-electron chi connectivity index (χ2n) is 12.1. The Balaban J connectivity index is 1.87. The number of ether oxygens (including phenoxy) is 3. The number of aliphatic imine (C=N–C) groups is 4. The molecule has 0 fully saturated rings. The topological polar surface area (TPSA) is 128 Å². The van der Waals surface area contributed by atoms with Crippen molar-refractivity contribution in [2.75, 3.05) is 21.3 Å². The molecule has 0 spiro atoms. The van der Waals surface area contributed by atoms with Crippen molar-refractivity contribution in [3.8, 4) is 0 Å². The molecular weight excluding hydrogens is 596 g/mol. The van der Waals surface area contributed by atoms with Crippen molar-refractivity contribution < 1.29 is 28.6 Å². The van der Waals surface area contributed by atoms with Crippen LogP contribution in [0.25, 0.3) is 0 Å². The molecule has 0 amide bonds. The SMILES string of the molecule is CCC1=C(C)C2=CC3=NC(=C(CC(=O)OC)C4=NC(=CC5=NC(=CC1=N2)C(C)=C5CC)C(C)=C4C(=O)OC)[C@H](CCC(=O)OC)[C@H]3C. The van der Waals surface area contributed by atoms with Crippen LogP contribution in [0.2, 0.25) is 0 Å². The number of hydrogen-bond acceptors (Lipinski definition) is 10. The van der Waals surface area contributed by atoms with Crippen LogP contribution in [-0.4, -0.2) is 62.1 Å². The number of methoxy groups -OCH3 is 3. The van der Waals surface area contributed by atoms with Crippen LogP contribution in [0.1, 0.15) is 73.6 Å². The first-order valence-corrected chi connectivity index (χ1v) is 16.0. The molecule has 0 unspecified atom stereocenters. The Morgan fingerprint density at radius 3 is 1.79 bits per heavy atom. The molecule has 5 aliphatic rings. The van der Waals surface area contributed by atoms with Gasteiger partial charge in [-0.2, -0.15) is 0 Å². The predicted molar refractivity (Wildman–Crippen MR) is 182 cm³/mol. The van der Waals surface area contributed by atoms with Crippen LogP contribution >= 0.6 is 0 Å². The minimum absolute atomic E-state index is 0.149. The quantitative estimate of drug-likeness (QED) is 0.223. The average Bonchev–Trinajstić information content (AvgIpc) is 3.74. The number of rotatable bonds is 8. The van der Waals surface area contributed by atoms with Crippen LogP contribution in [0.4, 0.5) is 0 Å². The van der Waals surface area contributed by atoms with E-state index in [0.29, 0.717) is 34.7 Å². The molecule has 5 aliphatic heterocycles. The lowest BCUT2D eigenvalue weighted by molar-refractivity contribution is -0.141. The molecule has 246 valence electrons. The highest BCUT2D eigenvalue weighted by Gasteiger charge is 2.39. The highest BCUT2D eigenvalue weighted by molar-refractivity contribution is 6.31. The summed E-state index contributed by atoms with van der Waals surface area (Å²) in [7, 11) is 4.00. The van der Waals surface area contributed by atoms with Crippen LogP contribution in [0.15, 0.2) is 100.0 Å². The normalized spacial score (nSPS) is 22.1. The maximum Gasteiger partial charge on any atom is 0.340 e. The Morgan fingerprint density at radius 1 is 0.702 bits per heavy atom. The van der Waals surface area contributed by atoms with E-state index in [2.05, 4.69) is 40.7 Å². The molecule has 0 aromatic rings. The second kappa shape index (κ2) is 13.6. The minimum atomic E-state index is -0.578. The third-order valence-corrected chi connectivity index (χ3v) is 9.63. The fraction of sp³-hybridized carbons (Fsp3) is 0.432. The Hall–Kier alpha value is -4.73. The summed E-state index contributed by atoms with van der Waals surface area (Å²) in [5, 5.41) is 0. The van der Waals surface area contributed by atoms with E-state index in [0.717, 1.165) is 63.7 Å². The zero-order chi connectivity index (χ0) is 34.2. The van der Waals surface area contributed by atoms with Crippen molar-refractivity contribution in [2.45, 2.75) is 73.6 Å². The molecule has 2 atom stereocenters. The zero-order valence-electron chi connectivity index (χ0n) is 28.7. The smallest absolute Gasteiger partial charge is 0.340 e. The summed E-state index contributed by atoms with van der Waals surface area (Å²) in [6.07, 6.45) is 7.86. The summed E-state index contributed by atoms with van der Waals surface area (Å²) in [4.78, 5) is 59.0. The molecular formula is C37H42N4O6. The van der Waals surface area contributed by atoms with Gasteiger partial charge in [-0.15, -0.1) is 0 Å². The van der Waals surface area contributed by atoms with E-state index in [1.807, 2.05) is 19.1 Å². The van der Waals surface area contributed by atoms with E-state index in [4.69, 9.17) is 34.2 Å². The van der Waals surface area contributed by atoms with Crippen molar-refractivity contribution in [2.24, 2.45) is 31.8 Å². The van der Waals surface area contributed by atoms with Crippen LogP contribution in [0.5, 0.6) is 0 Å². The van der Waals surface area contributed by atoms with Gasteiger partial charge in [-0.3, -0.25) is 14.6 Å². The first-order chi connectivity index (χ1) is 22.5. The number of carbonyl (C=O) groups is 3. The Kier molecular flexibility index (Phi) is 9.70. The highest BCUT2D eigenvalue weighted by Crippen LogP contribution is 2.42. The van der Waals surface area contributed by atoms with E-state index in [-0.39, 0.29) is 36.2 Å². The molecule has 5 heterocycles. The van der Waals surface area contributed by atoms with Crippen LogP contribution < -0.4 is 0 Å². The summed E-state index contributed by atoms with van der Waals surface area (Å²) >= 11 is 0. The number of allylic oxidation sites excluding steroid dienone is 9. The summed E-state index contributed by atoms with van der Waals surface area (Å²) in [6.45, 7) is 12.2. The predicted octanol–water partition coefficient (Wildman–Crippen LogP) is 6.44. The zero-order valence-corrected chi connectivity index (χ0v) is 28.7. The van der Waals surface area contributed by atoms with Gasteiger partial charge in [0, 0.05) is 29.5 Å². The molecule has 0 aliphatic carbocycles. The number of fused-ring (bicyclic) bond motifs is 4. The molecule has 0 saturated heterocycles. The maximum absolute atomic E-state index is 13.4. The molecule has 10 heteroatoms. The minimum Gasteiger partial charge on any atom is -0.469 e. The average molecular weight is 639 g/mol. The largest absolute Gasteiger partial charge is 0.469 e. The standard InChI is InChI=1S/C37H42N4O6/c1-10-22-18(3)26-15-28-20(5)24(12-13-32(42)45-7)35(40-28)25(14-33(43)46-8)36-34(37(44)47-9)21(6)29(41-36)17-31-23(11-2)19(4)27(39-31)16-30(22)38-26/h15-17,20,24H,10-14H2,1-9H3/t20-,24-/m1/s1. The van der Waals surface area contributed by atoms with Gasteiger partial charge in [0.2, 0.25) is 0 Å².